The van der Waals surface area contributed by atoms with Gasteiger partial charge in [-0.05, 0) is 35.6 Å². The van der Waals surface area contributed by atoms with Gasteiger partial charge in [-0.1, -0.05) is 13.0 Å². The van der Waals surface area contributed by atoms with Gasteiger partial charge in [-0.25, -0.2) is 4.39 Å². The van der Waals surface area contributed by atoms with Crippen LogP contribution in [0.1, 0.15) is 18.9 Å². The molecule has 20 heavy (non-hydrogen) atoms. The lowest BCUT2D eigenvalue weighted by Crippen LogP contribution is -2.18. The summed E-state index contributed by atoms with van der Waals surface area (Å²) < 4.78 is 24.2. The van der Waals surface area contributed by atoms with Crippen molar-refractivity contribution < 1.29 is 13.9 Å². The summed E-state index contributed by atoms with van der Waals surface area (Å²) >= 11 is 1.87. The number of hydrogen-bond donors (Lipinski definition) is 1. The minimum absolute atomic E-state index is 0.292. The van der Waals surface area contributed by atoms with Crippen LogP contribution in [0, 0.1) is 5.82 Å². The Labute approximate surface area is 125 Å². The van der Waals surface area contributed by atoms with Gasteiger partial charge in [0.05, 0.1) is 13.2 Å². The number of methoxy groups -OCH3 is 1. The molecule has 0 spiro atoms. The maximum absolute atomic E-state index is 13.8. The molecule has 0 atom stereocenters. The highest BCUT2D eigenvalue weighted by Crippen LogP contribution is 2.18. The molecule has 3 nitrogen and oxygen atoms in total. The molecule has 0 fully saturated rings. The Bertz CT molecular complexity index is 377. The highest BCUT2D eigenvalue weighted by molar-refractivity contribution is 7.99. The van der Waals surface area contributed by atoms with Crippen LogP contribution in [0.25, 0.3) is 0 Å². The summed E-state index contributed by atoms with van der Waals surface area (Å²) in [5, 5.41) is 3.18. The summed E-state index contributed by atoms with van der Waals surface area (Å²) in [6.07, 6.45) is 0.943. The topological polar surface area (TPSA) is 30.5 Å². The quantitative estimate of drug-likeness (QED) is 0.636. The van der Waals surface area contributed by atoms with Gasteiger partial charge in [0.2, 0.25) is 0 Å². The van der Waals surface area contributed by atoms with Crippen LogP contribution in [-0.4, -0.2) is 38.4 Å². The van der Waals surface area contributed by atoms with Crippen LogP contribution in [0.15, 0.2) is 18.2 Å². The van der Waals surface area contributed by atoms with Gasteiger partial charge >= 0.3 is 0 Å². The molecule has 0 heterocycles. The van der Waals surface area contributed by atoms with Crippen LogP contribution in [-0.2, 0) is 11.3 Å². The van der Waals surface area contributed by atoms with Crippen molar-refractivity contribution in [3.05, 3.63) is 29.6 Å². The average molecular weight is 301 g/mol. The Balaban J connectivity index is 2.31. The molecule has 1 rings (SSSR count). The van der Waals surface area contributed by atoms with E-state index in [9.17, 15) is 4.39 Å². The van der Waals surface area contributed by atoms with E-state index in [0.717, 1.165) is 30.0 Å². The van der Waals surface area contributed by atoms with Crippen molar-refractivity contribution in [2.75, 3.05) is 38.4 Å². The second kappa shape index (κ2) is 10.9. The second-order valence-corrected chi connectivity index (χ2v) is 5.73. The molecule has 0 aromatic heterocycles. The summed E-state index contributed by atoms with van der Waals surface area (Å²) in [6, 6.07) is 5.12. The minimum Gasteiger partial charge on any atom is -0.490 e. The van der Waals surface area contributed by atoms with Gasteiger partial charge in [0, 0.05) is 20.2 Å². The summed E-state index contributed by atoms with van der Waals surface area (Å²) in [5.74, 6) is 2.21. The average Bonchev–Trinajstić information content (AvgIpc) is 2.45. The van der Waals surface area contributed by atoms with E-state index in [0.29, 0.717) is 25.5 Å². The summed E-state index contributed by atoms with van der Waals surface area (Å²) in [6.45, 7) is 4.73. The summed E-state index contributed by atoms with van der Waals surface area (Å²) in [5.41, 5.74) is 0.910. The molecule has 0 saturated carbocycles. The lowest BCUT2D eigenvalue weighted by molar-refractivity contribution is 0.199. The molecule has 0 radical (unpaired) electrons. The van der Waals surface area contributed by atoms with Crippen molar-refractivity contribution in [3.63, 3.8) is 0 Å². The first-order valence-electron chi connectivity index (χ1n) is 6.96. The van der Waals surface area contributed by atoms with Crippen LogP contribution >= 0.6 is 11.8 Å². The minimum atomic E-state index is -0.292. The van der Waals surface area contributed by atoms with Crippen LogP contribution in [0.3, 0.4) is 0 Å². The molecule has 5 heteroatoms. The number of halogens is 1. The molecule has 1 N–H and O–H groups in total. The zero-order valence-corrected chi connectivity index (χ0v) is 13.1. The largest absolute Gasteiger partial charge is 0.490 e. The standard InChI is InChI=1S/C15H24FNO2S/c1-3-20-10-4-8-19-15-6-5-13(11-14(15)16)12-17-7-9-18-2/h5-6,11,17H,3-4,7-10,12H2,1-2H3. The Morgan fingerprint density at radius 1 is 1.30 bits per heavy atom. The number of nitrogens with one attached hydrogen (secondary N) is 1. The van der Waals surface area contributed by atoms with E-state index >= 15 is 0 Å². The molecule has 0 aliphatic rings. The maximum Gasteiger partial charge on any atom is 0.165 e. The highest BCUT2D eigenvalue weighted by atomic mass is 32.2. The second-order valence-electron chi connectivity index (χ2n) is 4.33. The lowest BCUT2D eigenvalue weighted by Gasteiger charge is -2.09. The van der Waals surface area contributed by atoms with Crippen molar-refractivity contribution in [1.82, 2.24) is 5.32 Å². The third-order valence-electron chi connectivity index (χ3n) is 2.70. The zero-order chi connectivity index (χ0) is 14.6. The first-order valence-corrected chi connectivity index (χ1v) is 8.12. The van der Waals surface area contributed by atoms with Crippen molar-refractivity contribution in [3.8, 4) is 5.75 Å². The van der Waals surface area contributed by atoms with E-state index in [-0.39, 0.29) is 5.82 Å². The Kier molecular flexibility index (Phi) is 9.45. The molecule has 1 aromatic rings. The van der Waals surface area contributed by atoms with E-state index < -0.39 is 0 Å². The molecule has 0 aliphatic heterocycles. The number of benzene rings is 1. The van der Waals surface area contributed by atoms with Crippen molar-refractivity contribution in [2.24, 2.45) is 0 Å². The number of thioether (sulfide) groups is 1. The van der Waals surface area contributed by atoms with E-state index in [1.54, 1.807) is 13.2 Å². The number of hydrogen-bond acceptors (Lipinski definition) is 4. The monoisotopic (exact) mass is 301 g/mol. The molecule has 0 saturated heterocycles. The predicted octanol–water partition coefficient (Wildman–Crippen LogP) is 3.08. The summed E-state index contributed by atoms with van der Waals surface area (Å²) in [4.78, 5) is 0. The SMILES string of the molecule is CCSCCCOc1ccc(CNCCOC)cc1F. The third kappa shape index (κ3) is 7.12. The van der Waals surface area contributed by atoms with Crippen LogP contribution in [0.2, 0.25) is 0 Å². The third-order valence-corrected chi connectivity index (χ3v) is 3.69. The van der Waals surface area contributed by atoms with E-state index in [1.807, 2.05) is 17.8 Å². The van der Waals surface area contributed by atoms with Gasteiger partial charge in [0.15, 0.2) is 11.6 Å². The van der Waals surface area contributed by atoms with Crippen molar-refractivity contribution in [2.45, 2.75) is 19.9 Å². The molecular formula is C15H24FNO2S. The van der Waals surface area contributed by atoms with Crippen molar-refractivity contribution in [1.29, 1.82) is 0 Å². The zero-order valence-electron chi connectivity index (χ0n) is 12.3. The van der Waals surface area contributed by atoms with E-state index in [4.69, 9.17) is 9.47 Å². The molecule has 0 unspecified atom stereocenters. The smallest absolute Gasteiger partial charge is 0.165 e. The van der Waals surface area contributed by atoms with Gasteiger partial charge in [0.25, 0.3) is 0 Å². The fourth-order valence-electron chi connectivity index (χ4n) is 1.67. The van der Waals surface area contributed by atoms with Gasteiger partial charge in [-0.2, -0.15) is 11.8 Å². The van der Waals surface area contributed by atoms with Crippen LogP contribution in [0.4, 0.5) is 4.39 Å². The molecule has 1 aromatic carbocycles. The normalized spacial score (nSPS) is 10.8. The summed E-state index contributed by atoms with van der Waals surface area (Å²) in [7, 11) is 1.66. The van der Waals surface area contributed by atoms with E-state index in [1.165, 1.54) is 6.07 Å². The molecule has 0 bridgehead atoms. The van der Waals surface area contributed by atoms with Gasteiger partial charge < -0.3 is 14.8 Å². The molecule has 0 aliphatic carbocycles. The number of ether oxygens (including phenoxy) is 2. The van der Waals surface area contributed by atoms with E-state index in [2.05, 4.69) is 12.2 Å². The highest BCUT2D eigenvalue weighted by Gasteiger charge is 2.04. The predicted molar refractivity (Wildman–Crippen MR) is 83.1 cm³/mol. The fourth-order valence-corrected chi connectivity index (χ4v) is 2.28. The molecular weight excluding hydrogens is 277 g/mol. The molecule has 114 valence electrons. The maximum atomic E-state index is 13.8. The molecule has 0 amide bonds. The number of rotatable bonds is 11. The van der Waals surface area contributed by atoms with Gasteiger partial charge in [-0.15, -0.1) is 0 Å². The van der Waals surface area contributed by atoms with Gasteiger partial charge in [0.1, 0.15) is 0 Å². The Hall–Kier alpha value is -0.780. The van der Waals surface area contributed by atoms with Crippen LogP contribution in [0.5, 0.6) is 5.75 Å². The first kappa shape index (κ1) is 17.3. The van der Waals surface area contributed by atoms with Crippen molar-refractivity contribution >= 4 is 11.8 Å². The van der Waals surface area contributed by atoms with Gasteiger partial charge in [-0.3, -0.25) is 0 Å². The Morgan fingerprint density at radius 2 is 2.15 bits per heavy atom. The first-order chi connectivity index (χ1) is 9.77. The Morgan fingerprint density at radius 3 is 2.85 bits per heavy atom. The fraction of sp³-hybridized carbons (Fsp3) is 0.600. The lowest BCUT2D eigenvalue weighted by atomic mass is 10.2. The van der Waals surface area contributed by atoms with Crippen LogP contribution < -0.4 is 10.1 Å².